The van der Waals surface area contributed by atoms with Crippen molar-refractivity contribution in [3.8, 4) is 5.75 Å². The van der Waals surface area contributed by atoms with Crippen molar-refractivity contribution in [2.75, 3.05) is 6.61 Å². The zero-order valence-corrected chi connectivity index (χ0v) is 12.1. The number of Topliss-reactive ketones (excluding diaryl/α,β-unsaturated/α-hetero) is 1. The lowest BCUT2D eigenvalue weighted by molar-refractivity contribution is 0.0921. The van der Waals surface area contributed by atoms with E-state index in [4.69, 9.17) is 10.5 Å². The molecule has 0 aliphatic carbocycles. The molecule has 1 aromatic rings. The minimum atomic E-state index is -0.00238. The molecule has 0 aliphatic rings. The van der Waals surface area contributed by atoms with Gasteiger partial charge in [0.25, 0.3) is 0 Å². The number of nitrogens with two attached hydrogens (primary N) is 1. The molecule has 19 heavy (non-hydrogen) atoms. The molecule has 0 saturated carbocycles. The molecule has 2 unspecified atom stereocenters. The van der Waals surface area contributed by atoms with Crippen LogP contribution in [0.3, 0.4) is 0 Å². The van der Waals surface area contributed by atoms with E-state index in [9.17, 15) is 4.79 Å². The zero-order valence-electron chi connectivity index (χ0n) is 12.1. The Morgan fingerprint density at radius 3 is 2.74 bits per heavy atom. The SMILES string of the molecule is CCOc1cncc(C(=O)C(C)CCCC(C)N)c1. The van der Waals surface area contributed by atoms with Gasteiger partial charge in [-0.05, 0) is 32.8 Å². The summed E-state index contributed by atoms with van der Waals surface area (Å²) in [6.45, 7) is 6.42. The Balaban J connectivity index is 2.58. The van der Waals surface area contributed by atoms with Crippen LogP contribution in [0.25, 0.3) is 0 Å². The Hall–Kier alpha value is -1.42. The highest BCUT2D eigenvalue weighted by atomic mass is 16.5. The minimum Gasteiger partial charge on any atom is -0.492 e. The highest BCUT2D eigenvalue weighted by molar-refractivity contribution is 5.97. The lowest BCUT2D eigenvalue weighted by Gasteiger charge is -2.12. The maximum Gasteiger partial charge on any atom is 0.167 e. The van der Waals surface area contributed by atoms with Crippen LogP contribution in [-0.2, 0) is 0 Å². The lowest BCUT2D eigenvalue weighted by atomic mass is 9.94. The fourth-order valence-corrected chi connectivity index (χ4v) is 1.96. The average molecular weight is 264 g/mol. The number of rotatable bonds is 8. The van der Waals surface area contributed by atoms with Crippen molar-refractivity contribution in [2.24, 2.45) is 11.7 Å². The molecule has 0 amide bonds. The second-order valence-electron chi connectivity index (χ2n) is 5.02. The van der Waals surface area contributed by atoms with Gasteiger partial charge in [-0.1, -0.05) is 13.3 Å². The van der Waals surface area contributed by atoms with Crippen molar-refractivity contribution in [3.63, 3.8) is 0 Å². The van der Waals surface area contributed by atoms with Crippen molar-refractivity contribution in [1.29, 1.82) is 0 Å². The van der Waals surface area contributed by atoms with E-state index in [2.05, 4.69) is 4.98 Å². The quantitative estimate of drug-likeness (QED) is 0.733. The van der Waals surface area contributed by atoms with Gasteiger partial charge in [0, 0.05) is 23.7 Å². The summed E-state index contributed by atoms with van der Waals surface area (Å²) in [7, 11) is 0. The second kappa shape index (κ2) is 7.89. The summed E-state index contributed by atoms with van der Waals surface area (Å²) in [5.41, 5.74) is 6.33. The Bertz CT molecular complexity index is 405. The predicted molar refractivity (Wildman–Crippen MR) is 76.4 cm³/mol. The molecule has 0 radical (unpaired) electrons. The molecule has 0 aliphatic heterocycles. The molecule has 2 N–H and O–H groups in total. The van der Waals surface area contributed by atoms with Crippen LogP contribution in [0.1, 0.15) is 50.4 Å². The Morgan fingerprint density at radius 2 is 2.11 bits per heavy atom. The van der Waals surface area contributed by atoms with Crippen LogP contribution >= 0.6 is 0 Å². The molecular weight excluding hydrogens is 240 g/mol. The molecule has 0 spiro atoms. The maximum absolute atomic E-state index is 12.3. The van der Waals surface area contributed by atoms with E-state index in [1.165, 1.54) is 0 Å². The van der Waals surface area contributed by atoms with Gasteiger partial charge in [0.1, 0.15) is 5.75 Å². The highest BCUT2D eigenvalue weighted by Crippen LogP contribution is 2.18. The van der Waals surface area contributed by atoms with E-state index in [1.807, 2.05) is 20.8 Å². The molecule has 0 fully saturated rings. The van der Waals surface area contributed by atoms with Crippen molar-refractivity contribution in [2.45, 2.75) is 46.1 Å². The molecule has 4 nitrogen and oxygen atoms in total. The number of aromatic nitrogens is 1. The average Bonchev–Trinajstić information content (AvgIpc) is 2.38. The van der Waals surface area contributed by atoms with Crippen molar-refractivity contribution in [3.05, 3.63) is 24.0 Å². The Labute approximate surface area is 115 Å². The third kappa shape index (κ3) is 5.39. The Morgan fingerprint density at radius 1 is 1.37 bits per heavy atom. The summed E-state index contributed by atoms with van der Waals surface area (Å²) in [5.74, 6) is 0.771. The summed E-state index contributed by atoms with van der Waals surface area (Å²) in [5, 5.41) is 0. The van der Waals surface area contributed by atoms with Gasteiger partial charge in [0.05, 0.1) is 12.8 Å². The molecule has 0 saturated heterocycles. The number of ketones is 1. The Kier molecular flexibility index (Phi) is 6.50. The topological polar surface area (TPSA) is 65.2 Å². The van der Waals surface area contributed by atoms with Crippen LogP contribution in [0.2, 0.25) is 0 Å². The van der Waals surface area contributed by atoms with Gasteiger partial charge in [-0.2, -0.15) is 0 Å². The monoisotopic (exact) mass is 264 g/mol. The van der Waals surface area contributed by atoms with E-state index in [1.54, 1.807) is 18.5 Å². The largest absolute Gasteiger partial charge is 0.492 e. The third-order valence-corrected chi connectivity index (χ3v) is 3.05. The summed E-state index contributed by atoms with van der Waals surface area (Å²) < 4.78 is 5.36. The number of ether oxygens (including phenoxy) is 1. The highest BCUT2D eigenvalue weighted by Gasteiger charge is 2.16. The summed E-state index contributed by atoms with van der Waals surface area (Å²) in [6.07, 6.45) is 6.02. The number of hydrogen-bond acceptors (Lipinski definition) is 4. The van der Waals surface area contributed by atoms with E-state index < -0.39 is 0 Å². The fourth-order valence-electron chi connectivity index (χ4n) is 1.96. The first-order valence-electron chi connectivity index (χ1n) is 6.92. The van der Waals surface area contributed by atoms with Crippen molar-refractivity contribution >= 4 is 5.78 Å². The van der Waals surface area contributed by atoms with Gasteiger partial charge in [0.15, 0.2) is 5.78 Å². The molecule has 0 bridgehead atoms. The van der Waals surface area contributed by atoms with Gasteiger partial charge in [-0.15, -0.1) is 0 Å². The zero-order chi connectivity index (χ0) is 14.3. The molecule has 0 aromatic carbocycles. The van der Waals surface area contributed by atoms with E-state index in [-0.39, 0.29) is 17.7 Å². The van der Waals surface area contributed by atoms with Crippen LogP contribution < -0.4 is 10.5 Å². The number of pyridine rings is 1. The van der Waals surface area contributed by atoms with Crippen LogP contribution in [-0.4, -0.2) is 23.4 Å². The van der Waals surface area contributed by atoms with Gasteiger partial charge < -0.3 is 10.5 Å². The number of carbonyl (C=O) groups excluding carboxylic acids is 1. The lowest BCUT2D eigenvalue weighted by Crippen LogP contribution is -2.16. The van der Waals surface area contributed by atoms with Gasteiger partial charge in [-0.3, -0.25) is 9.78 Å². The standard InChI is InChI=1S/C15H24N2O2/c1-4-19-14-8-13(9-17-10-14)15(18)11(2)6-5-7-12(3)16/h8-12H,4-7,16H2,1-3H3. The molecule has 1 heterocycles. The van der Waals surface area contributed by atoms with Crippen LogP contribution in [0, 0.1) is 5.92 Å². The second-order valence-corrected chi connectivity index (χ2v) is 5.02. The van der Waals surface area contributed by atoms with Crippen LogP contribution in [0.4, 0.5) is 0 Å². The van der Waals surface area contributed by atoms with Crippen molar-refractivity contribution in [1.82, 2.24) is 4.98 Å². The van der Waals surface area contributed by atoms with E-state index in [0.717, 1.165) is 19.3 Å². The molecule has 4 heteroatoms. The first kappa shape index (κ1) is 15.6. The third-order valence-electron chi connectivity index (χ3n) is 3.05. The molecule has 106 valence electrons. The normalized spacial score (nSPS) is 13.9. The van der Waals surface area contributed by atoms with Gasteiger partial charge >= 0.3 is 0 Å². The predicted octanol–water partition coefficient (Wildman–Crippen LogP) is 2.82. The fraction of sp³-hybridized carbons (Fsp3) is 0.600. The number of carbonyl (C=O) groups is 1. The van der Waals surface area contributed by atoms with E-state index in [0.29, 0.717) is 17.9 Å². The van der Waals surface area contributed by atoms with Gasteiger partial charge in [-0.25, -0.2) is 0 Å². The smallest absolute Gasteiger partial charge is 0.167 e. The van der Waals surface area contributed by atoms with Crippen LogP contribution in [0.15, 0.2) is 18.5 Å². The first-order chi connectivity index (χ1) is 9.04. The first-order valence-corrected chi connectivity index (χ1v) is 6.92. The number of hydrogen-bond donors (Lipinski definition) is 1. The summed E-state index contributed by atoms with van der Waals surface area (Å²) in [6, 6.07) is 1.96. The molecule has 1 aromatic heterocycles. The van der Waals surface area contributed by atoms with Gasteiger partial charge in [0.2, 0.25) is 0 Å². The summed E-state index contributed by atoms with van der Waals surface area (Å²) >= 11 is 0. The molecule has 2 atom stereocenters. The van der Waals surface area contributed by atoms with Crippen molar-refractivity contribution < 1.29 is 9.53 Å². The molecule has 1 rings (SSSR count). The number of nitrogens with zero attached hydrogens (tertiary/aromatic N) is 1. The maximum atomic E-state index is 12.3. The summed E-state index contributed by atoms with van der Waals surface area (Å²) in [4.78, 5) is 16.3. The molecular formula is C15H24N2O2. The van der Waals surface area contributed by atoms with E-state index >= 15 is 0 Å². The van der Waals surface area contributed by atoms with Crippen LogP contribution in [0.5, 0.6) is 5.75 Å². The minimum absolute atomic E-state index is 0.00238.